The van der Waals surface area contributed by atoms with Crippen molar-refractivity contribution in [1.82, 2.24) is 5.32 Å². The van der Waals surface area contributed by atoms with Crippen molar-refractivity contribution in [3.8, 4) is 0 Å². The van der Waals surface area contributed by atoms with E-state index in [2.05, 4.69) is 53.4 Å². The number of rotatable bonds is 6. The third-order valence-electron chi connectivity index (χ3n) is 5.39. The summed E-state index contributed by atoms with van der Waals surface area (Å²) in [6, 6.07) is 0. The number of ether oxygens (including phenoxy) is 3. The first-order chi connectivity index (χ1) is 19.2. The third-order valence-corrected chi connectivity index (χ3v) is 5.39. The number of carbonyl (C=O) groups is 1. The van der Waals surface area contributed by atoms with Crippen LogP contribution in [0.5, 0.6) is 0 Å². The highest BCUT2D eigenvalue weighted by molar-refractivity contribution is 5.45. The Balaban J connectivity index is -0.0000000713. The first-order valence-electron chi connectivity index (χ1n) is 16.8. The largest absolute Gasteiger partial charge is 0.385 e. The van der Waals surface area contributed by atoms with Crippen LogP contribution in [-0.4, -0.2) is 51.6 Å². The third kappa shape index (κ3) is 39.2. The normalized spacial score (nSPS) is 21.1. The lowest BCUT2D eigenvalue weighted by molar-refractivity contribution is -0.111. The molecule has 0 radical (unpaired) electrons. The Bertz CT molecular complexity index is 416. The van der Waals surface area contributed by atoms with Gasteiger partial charge in [-0.1, -0.05) is 130 Å². The maximum atomic E-state index is 10.0. The molecule has 2 aliphatic heterocycles. The standard InChI is InChI=1S/C10H18O.C9H17NO2.C4H10O.6C2H6/c1-5-10-6-7(2)8(3)9(4)11-10;1-9(2)4-3-8(12-6-9)5-10-7-11;1-3-4-5-2;6*1-2/h8-10H,2,5-6H2,1,3-4H3;7-8H,3-6H2,1-2H3,(H,10,11);3-4H2,1-2H3;6*1-2H3. The average Bonchev–Trinajstić information content (AvgIpc) is 3.02. The molecule has 2 saturated heterocycles. The van der Waals surface area contributed by atoms with Gasteiger partial charge in [-0.15, -0.1) is 0 Å². The minimum absolute atomic E-state index is 0.225. The van der Waals surface area contributed by atoms with E-state index >= 15 is 0 Å². The molecule has 4 atom stereocenters. The molecular formula is C35H81NO4. The fourth-order valence-electron chi connectivity index (χ4n) is 3.12. The number of hydrogen-bond acceptors (Lipinski definition) is 4. The van der Waals surface area contributed by atoms with E-state index in [1.54, 1.807) is 7.11 Å². The van der Waals surface area contributed by atoms with E-state index in [9.17, 15) is 4.79 Å². The van der Waals surface area contributed by atoms with Crippen LogP contribution in [0.2, 0.25) is 0 Å². The van der Waals surface area contributed by atoms with E-state index in [0.717, 1.165) is 45.3 Å². The SMILES string of the molecule is C=C1CC(CC)OC(C)C1C.CC.CC.CC.CC.CC.CC.CC1(C)CCC(CNC=O)OC1.CCCOC. The van der Waals surface area contributed by atoms with Gasteiger partial charge in [0.15, 0.2) is 0 Å². The molecule has 4 unspecified atom stereocenters. The molecule has 0 aromatic rings. The molecule has 0 aliphatic carbocycles. The van der Waals surface area contributed by atoms with E-state index in [0.29, 0.717) is 30.1 Å². The monoisotopic (exact) mass is 580 g/mol. The van der Waals surface area contributed by atoms with E-state index in [4.69, 9.17) is 14.2 Å². The van der Waals surface area contributed by atoms with E-state index in [-0.39, 0.29) is 6.10 Å². The highest BCUT2D eigenvalue weighted by atomic mass is 16.5. The smallest absolute Gasteiger partial charge is 0.207 e. The Kier molecular flexibility index (Phi) is 65.9. The Morgan fingerprint density at radius 2 is 1.40 bits per heavy atom. The van der Waals surface area contributed by atoms with Gasteiger partial charge in [-0.05, 0) is 44.4 Å². The quantitative estimate of drug-likeness (QED) is 0.251. The topological polar surface area (TPSA) is 56.8 Å². The zero-order valence-electron chi connectivity index (χ0n) is 31.4. The van der Waals surface area contributed by atoms with Crippen LogP contribution in [0.15, 0.2) is 12.2 Å². The van der Waals surface area contributed by atoms with Crippen LogP contribution in [0.1, 0.15) is 157 Å². The summed E-state index contributed by atoms with van der Waals surface area (Å²) in [5.74, 6) is 0.540. The molecule has 1 amide bonds. The minimum Gasteiger partial charge on any atom is -0.385 e. The van der Waals surface area contributed by atoms with E-state index < -0.39 is 0 Å². The van der Waals surface area contributed by atoms with Crippen molar-refractivity contribution in [2.24, 2.45) is 11.3 Å². The Morgan fingerprint density at radius 1 is 0.925 bits per heavy atom. The van der Waals surface area contributed by atoms with Gasteiger partial charge < -0.3 is 19.5 Å². The van der Waals surface area contributed by atoms with Crippen molar-refractivity contribution in [3.63, 3.8) is 0 Å². The van der Waals surface area contributed by atoms with Gasteiger partial charge in [-0.3, -0.25) is 4.79 Å². The molecular weight excluding hydrogens is 498 g/mol. The average molecular weight is 580 g/mol. The fraction of sp³-hybridized carbons (Fsp3) is 0.914. The van der Waals surface area contributed by atoms with Crippen molar-refractivity contribution < 1.29 is 19.0 Å². The van der Waals surface area contributed by atoms with Gasteiger partial charge in [0.2, 0.25) is 6.41 Å². The van der Waals surface area contributed by atoms with Crippen molar-refractivity contribution in [2.75, 3.05) is 26.9 Å². The number of hydrogen-bond donors (Lipinski definition) is 1. The zero-order valence-corrected chi connectivity index (χ0v) is 31.4. The first kappa shape index (κ1) is 55.1. The zero-order chi connectivity index (χ0) is 33.6. The van der Waals surface area contributed by atoms with Crippen LogP contribution in [0.25, 0.3) is 0 Å². The second-order valence-corrected chi connectivity index (χ2v) is 8.68. The molecule has 0 saturated carbocycles. The summed E-state index contributed by atoms with van der Waals surface area (Å²) in [4.78, 5) is 10.0. The minimum atomic E-state index is 0.225. The Hall–Kier alpha value is -0.910. The predicted octanol–water partition coefficient (Wildman–Crippen LogP) is 10.9. The first-order valence-corrected chi connectivity index (χ1v) is 16.8. The molecule has 2 aliphatic rings. The molecule has 5 nitrogen and oxygen atoms in total. The molecule has 250 valence electrons. The maximum Gasteiger partial charge on any atom is 0.207 e. The lowest BCUT2D eigenvalue weighted by atomic mass is 9.85. The second-order valence-electron chi connectivity index (χ2n) is 8.68. The Morgan fingerprint density at radius 3 is 1.68 bits per heavy atom. The highest BCUT2D eigenvalue weighted by Crippen LogP contribution is 2.30. The summed E-state index contributed by atoms with van der Waals surface area (Å²) in [5, 5.41) is 2.64. The summed E-state index contributed by atoms with van der Waals surface area (Å²) < 4.78 is 16.0. The van der Waals surface area contributed by atoms with Gasteiger partial charge in [-0.2, -0.15) is 0 Å². The molecule has 0 spiro atoms. The summed E-state index contributed by atoms with van der Waals surface area (Å²) in [7, 11) is 1.71. The molecule has 5 heteroatoms. The van der Waals surface area contributed by atoms with Crippen LogP contribution in [-0.2, 0) is 19.0 Å². The predicted molar refractivity (Wildman–Crippen MR) is 185 cm³/mol. The highest BCUT2D eigenvalue weighted by Gasteiger charge is 2.27. The van der Waals surface area contributed by atoms with Crippen molar-refractivity contribution >= 4 is 6.41 Å². The number of methoxy groups -OCH3 is 1. The summed E-state index contributed by atoms with van der Waals surface area (Å²) in [6.45, 7) is 43.4. The molecule has 0 aromatic carbocycles. The van der Waals surface area contributed by atoms with Gasteiger partial charge in [0.25, 0.3) is 0 Å². The van der Waals surface area contributed by atoms with E-state index in [1.165, 1.54) is 12.0 Å². The second kappa shape index (κ2) is 47.9. The van der Waals surface area contributed by atoms with Crippen molar-refractivity contribution in [2.45, 2.75) is 175 Å². The molecule has 2 rings (SSSR count). The molecule has 40 heavy (non-hydrogen) atoms. The molecule has 2 fully saturated rings. The molecule has 1 N–H and O–H groups in total. The van der Waals surface area contributed by atoms with Crippen LogP contribution in [0, 0.1) is 11.3 Å². The van der Waals surface area contributed by atoms with Crippen LogP contribution >= 0.6 is 0 Å². The van der Waals surface area contributed by atoms with Gasteiger partial charge in [0, 0.05) is 26.2 Å². The number of nitrogens with one attached hydrogen (secondary N) is 1. The summed E-state index contributed by atoms with van der Waals surface area (Å²) in [5.41, 5.74) is 1.67. The van der Waals surface area contributed by atoms with Crippen molar-refractivity contribution in [1.29, 1.82) is 0 Å². The summed E-state index contributed by atoms with van der Waals surface area (Å²) in [6.07, 6.45) is 7.25. The molecule has 2 heterocycles. The number of carbonyl (C=O) groups excluding carboxylic acids is 1. The van der Waals surface area contributed by atoms with Gasteiger partial charge in [0.05, 0.1) is 24.9 Å². The van der Waals surface area contributed by atoms with Crippen LogP contribution < -0.4 is 5.32 Å². The van der Waals surface area contributed by atoms with Gasteiger partial charge in [-0.25, -0.2) is 0 Å². The maximum absolute atomic E-state index is 10.0. The molecule has 0 bridgehead atoms. The van der Waals surface area contributed by atoms with Gasteiger partial charge in [0.1, 0.15) is 0 Å². The fourth-order valence-corrected chi connectivity index (χ4v) is 3.12. The van der Waals surface area contributed by atoms with Crippen LogP contribution in [0.3, 0.4) is 0 Å². The number of amides is 1. The lowest BCUT2D eigenvalue weighted by Crippen LogP contribution is -2.37. The van der Waals surface area contributed by atoms with Crippen molar-refractivity contribution in [3.05, 3.63) is 12.2 Å². The lowest BCUT2D eigenvalue weighted by Gasteiger charge is -2.34. The van der Waals surface area contributed by atoms with E-state index in [1.807, 2.05) is 83.1 Å². The van der Waals surface area contributed by atoms with Gasteiger partial charge >= 0.3 is 0 Å². The Labute approximate surface area is 256 Å². The summed E-state index contributed by atoms with van der Waals surface area (Å²) >= 11 is 0. The van der Waals surface area contributed by atoms with Crippen LogP contribution in [0.4, 0.5) is 0 Å². The molecule has 0 aromatic heterocycles.